The fraction of sp³-hybridized carbons (Fsp3) is 0.455. The Kier molecular flexibility index (Phi) is 2.33. The first kappa shape index (κ1) is 9.34. The summed E-state index contributed by atoms with van der Waals surface area (Å²) in [5.41, 5.74) is 2.18. The van der Waals surface area contributed by atoms with Crippen LogP contribution in [-0.4, -0.2) is 18.3 Å². The van der Waals surface area contributed by atoms with E-state index in [2.05, 4.69) is 0 Å². The van der Waals surface area contributed by atoms with E-state index in [9.17, 15) is 5.11 Å². The van der Waals surface area contributed by atoms with Crippen molar-refractivity contribution in [1.82, 2.24) is 0 Å². The van der Waals surface area contributed by atoms with Crippen molar-refractivity contribution in [2.24, 2.45) is 0 Å². The molecular weight excluding hydrogens is 180 g/mol. The second-order valence-corrected chi connectivity index (χ2v) is 3.61. The molecule has 1 heterocycles. The number of fused-ring (bicyclic) bond motifs is 1. The predicted octanol–water partition coefficient (Wildman–Crippen LogP) is 1.86. The molecule has 0 bridgehead atoms. The average molecular weight is 194 g/mol. The maximum absolute atomic E-state index is 9.47. The van der Waals surface area contributed by atoms with E-state index in [4.69, 9.17) is 9.47 Å². The minimum Gasteiger partial charge on any atom is -0.508 e. The summed E-state index contributed by atoms with van der Waals surface area (Å²) < 4.78 is 10.7. The number of ether oxygens (including phenoxy) is 2. The second kappa shape index (κ2) is 3.50. The van der Waals surface area contributed by atoms with Crippen molar-refractivity contribution in [1.29, 1.82) is 0 Å². The van der Waals surface area contributed by atoms with E-state index in [0.717, 1.165) is 17.5 Å². The maximum Gasteiger partial charge on any atom is 0.128 e. The smallest absolute Gasteiger partial charge is 0.128 e. The van der Waals surface area contributed by atoms with E-state index in [1.807, 2.05) is 6.92 Å². The van der Waals surface area contributed by atoms with Gasteiger partial charge >= 0.3 is 0 Å². The van der Waals surface area contributed by atoms with Crippen molar-refractivity contribution >= 4 is 0 Å². The van der Waals surface area contributed by atoms with Crippen LogP contribution in [0.5, 0.6) is 11.5 Å². The Bertz CT molecular complexity index is 347. The molecule has 1 N–H and O–H groups in total. The van der Waals surface area contributed by atoms with Crippen LogP contribution < -0.4 is 4.74 Å². The summed E-state index contributed by atoms with van der Waals surface area (Å²) in [4.78, 5) is 0. The highest BCUT2D eigenvalue weighted by Crippen LogP contribution is 2.32. The van der Waals surface area contributed by atoms with Gasteiger partial charge in [0.1, 0.15) is 11.5 Å². The van der Waals surface area contributed by atoms with Gasteiger partial charge in [-0.3, -0.25) is 0 Å². The Hall–Kier alpha value is -1.22. The summed E-state index contributed by atoms with van der Waals surface area (Å²) >= 11 is 0. The molecule has 1 aliphatic rings. The first-order chi connectivity index (χ1) is 6.70. The van der Waals surface area contributed by atoms with Crippen LogP contribution >= 0.6 is 0 Å². The lowest BCUT2D eigenvalue weighted by Gasteiger charge is -2.24. The quantitative estimate of drug-likeness (QED) is 0.741. The maximum atomic E-state index is 9.47. The number of aromatic hydroxyl groups is 1. The number of methoxy groups -OCH3 is 1. The summed E-state index contributed by atoms with van der Waals surface area (Å²) in [6, 6.07) is 3.41. The highest BCUT2D eigenvalue weighted by Gasteiger charge is 2.19. The zero-order valence-corrected chi connectivity index (χ0v) is 8.41. The van der Waals surface area contributed by atoms with Crippen LogP contribution in [0.25, 0.3) is 0 Å². The van der Waals surface area contributed by atoms with E-state index in [-0.39, 0.29) is 11.9 Å². The Labute approximate surface area is 83.3 Å². The van der Waals surface area contributed by atoms with E-state index >= 15 is 0 Å². The Balaban J connectivity index is 2.46. The lowest BCUT2D eigenvalue weighted by Crippen LogP contribution is -2.19. The Morgan fingerprint density at radius 1 is 1.50 bits per heavy atom. The first-order valence-electron chi connectivity index (χ1n) is 4.71. The summed E-state index contributed by atoms with van der Waals surface area (Å²) in [6.07, 6.45) is 1.05. The van der Waals surface area contributed by atoms with Gasteiger partial charge in [0.25, 0.3) is 0 Å². The summed E-state index contributed by atoms with van der Waals surface area (Å²) in [5, 5.41) is 9.47. The molecule has 0 amide bonds. The molecule has 0 saturated heterocycles. The van der Waals surface area contributed by atoms with Gasteiger partial charge in [0.15, 0.2) is 0 Å². The summed E-state index contributed by atoms with van der Waals surface area (Å²) in [5.74, 6) is 0.974. The van der Waals surface area contributed by atoms with Crippen LogP contribution in [0, 0.1) is 0 Å². The molecule has 14 heavy (non-hydrogen) atoms. The van der Waals surface area contributed by atoms with Crippen molar-refractivity contribution in [3.05, 3.63) is 23.3 Å². The number of rotatable bonds is 1. The monoisotopic (exact) mass is 194 g/mol. The van der Waals surface area contributed by atoms with Crippen LogP contribution in [0.15, 0.2) is 12.1 Å². The summed E-state index contributed by atoms with van der Waals surface area (Å²) in [7, 11) is 1.60. The zero-order chi connectivity index (χ0) is 10.1. The number of benzene rings is 1. The van der Waals surface area contributed by atoms with E-state index < -0.39 is 0 Å². The molecule has 76 valence electrons. The van der Waals surface area contributed by atoms with Gasteiger partial charge in [-0.2, -0.15) is 0 Å². The van der Waals surface area contributed by atoms with Crippen LogP contribution in [0.1, 0.15) is 18.1 Å². The van der Waals surface area contributed by atoms with Crippen LogP contribution in [0.4, 0.5) is 0 Å². The molecule has 3 heteroatoms. The van der Waals surface area contributed by atoms with E-state index in [0.29, 0.717) is 12.4 Å². The van der Waals surface area contributed by atoms with Crippen LogP contribution in [0.2, 0.25) is 0 Å². The molecule has 2 rings (SSSR count). The average Bonchev–Trinajstić information content (AvgIpc) is 2.15. The van der Waals surface area contributed by atoms with E-state index in [1.165, 1.54) is 0 Å². The van der Waals surface area contributed by atoms with E-state index in [1.54, 1.807) is 19.2 Å². The van der Waals surface area contributed by atoms with Gasteiger partial charge in [0.2, 0.25) is 0 Å². The molecule has 3 nitrogen and oxygen atoms in total. The molecule has 0 saturated carbocycles. The third-order valence-corrected chi connectivity index (χ3v) is 2.53. The largest absolute Gasteiger partial charge is 0.508 e. The van der Waals surface area contributed by atoms with Gasteiger partial charge in [-0.15, -0.1) is 0 Å². The second-order valence-electron chi connectivity index (χ2n) is 3.61. The molecule has 0 aromatic heterocycles. The van der Waals surface area contributed by atoms with Crippen molar-refractivity contribution in [3.8, 4) is 11.5 Å². The normalized spacial score (nSPS) is 20.3. The van der Waals surface area contributed by atoms with Crippen molar-refractivity contribution < 1.29 is 14.6 Å². The zero-order valence-electron chi connectivity index (χ0n) is 8.41. The number of phenols is 1. The highest BCUT2D eigenvalue weighted by atomic mass is 16.5. The number of hydrogen-bond acceptors (Lipinski definition) is 3. The Morgan fingerprint density at radius 3 is 3.00 bits per heavy atom. The lowest BCUT2D eigenvalue weighted by atomic mass is 9.98. The first-order valence-corrected chi connectivity index (χ1v) is 4.71. The standard InChI is InChI=1S/C11H14O3/c1-7-3-8-4-9(12)5-11(13-2)10(8)6-14-7/h4-5,7,12H,3,6H2,1-2H3/t7-/m0/s1. The number of phenolic OH excluding ortho intramolecular Hbond substituents is 1. The summed E-state index contributed by atoms with van der Waals surface area (Å²) in [6.45, 7) is 2.60. The molecule has 0 radical (unpaired) electrons. The van der Waals surface area contributed by atoms with Gasteiger partial charge in [-0.05, 0) is 25.0 Å². The molecule has 1 aliphatic heterocycles. The minimum atomic E-state index is 0.217. The molecule has 0 spiro atoms. The minimum absolute atomic E-state index is 0.217. The van der Waals surface area contributed by atoms with Crippen LogP contribution in [-0.2, 0) is 17.8 Å². The molecule has 1 aromatic carbocycles. The van der Waals surface area contributed by atoms with Gasteiger partial charge in [0.05, 0.1) is 19.8 Å². The van der Waals surface area contributed by atoms with Crippen LogP contribution in [0.3, 0.4) is 0 Å². The topological polar surface area (TPSA) is 38.7 Å². The van der Waals surface area contributed by atoms with Crippen molar-refractivity contribution in [3.63, 3.8) is 0 Å². The molecule has 0 aliphatic carbocycles. The van der Waals surface area contributed by atoms with Gasteiger partial charge in [0, 0.05) is 11.6 Å². The highest BCUT2D eigenvalue weighted by molar-refractivity contribution is 5.46. The van der Waals surface area contributed by atoms with Gasteiger partial charge in [-0.25, -0.2) is 0 Å². The fourth-order valence-electron chi connectivity index (χ4n) is 1.81. The fourth-order valence-corrected chi connectivity index (χ4v) is 1.81. The number of hydrogen-bond donors (Lipinski definition) is 1. The molecule has 0 unspecified atom stereocenters. The van der Waals surface area contributed by atoms with Gasteiger partial charge < -0.3 is 14.6 Å². The lowest BCUT2D eigenvalue weighted by molar-refractivity contribution is 0.0395. The molecule has 0 fully saturated rings. The SMILES string of the molecule is COc1cc(O)cc2c1CO[C@@H](C)C2. The molecular formula is C11H14O3. The Morgan fingerprint density at radius 2 is 2.29 bits per heavy atom. The van der Waals surface area contributed by atoms with Crippen molar-refractivity contribution in [2.45, 2.75) is 26.1 Å². The van der Waals surface area contributed by atoms with Crippen molar-refractivity contribution in [2.75, 3.05) is 7.11 Å². The predicted molar refractivity (Wildman–Crippen MR) is 52.6 cm³/mol. The van der Waals surface area contributed by atoms with Gasteiger partial charge in [-0.1, -0.05) is 0 Å². The molecule has 1 atom stereocenters. The third kappa shape index (κ3) is 1.55. The molecule has 1 aromatic rings. The third-order valence-electron chi connectivity index (χ3n) is 2.53.